The lowest BCUT2D eigenvalue weighted by Crippen LogP contribution is -2.09. The molecule has 0 atom stereocenters. The zero-order chi connectivity index (χ0) is 12.3. The number of nitro benzene ring substituents is 1. The maximum atomic E-state index is 10.8. The minimum atomic E-state index is -0.466. The van der Waals surface area contributed by atoms with Gasteiger partial charge in [0.25, 0.3) is 5.69 Å². The van der Waals surface area contributed by atoms with E-state index in [-0.39, 0.29) is 5.69 Å². The molecule has 0 unspecified atom stereocenters. The minimum absolute atomic E-state index is 0.0369. The number of imidazole rings is 1. The van der Waals surface area contributed by atoms with Gasteiger partial charge in [-0.1, -0.05) is 6.07 Å². The Labute approximate surface area is 97.0 Å². The number of hydrazine groups is 1. The maximum absolute atomic E-state index is 10.8. The number of aromatic nitrogens is 2. The van der Waals surface area contributed by atoms with Crippen molar-refractivity contribution in [2.45, 2.75) is 6.54 Å². The third-order valence-corrected chi connectivity index (χ3v) is 2.34. The summed E-state index contributed by atoms with van der Waals surface area (Å²) < 4.78 is 1.83. The topological polar surface area (TPSA) is 99.0 Å². The molecule has 3 N–H and O–H groups in total. The Kier molecular flexibility index (Phi) is 3.01. The number of nitrogens with zero attached hydrogens (tertiary/aromatic N) is 3. The first-order chi connectivity index (χ1) is 8.20. The van der Waals surface area contributed by atoms with Crippen molar-refractivity contribution in [3.8, 4) is 0 Å². The van der Waals surface area contributed by atoms with Crippen LogP contribution in [0.25, 0.3) is 0 Å². The van der Waals surface area contributed by atoms with E-state index in [0.29, 0.717) is 12.2 Å². The number of nitrogens with one attached hydrogen (secondary N) is 1. The summed E-state index contributed by atoms with van der Waals surface area (Å²) in [6, 6.07) is 4.86. The van der Waals surface area contributed by atoms with Crippen LogP contribution in [0.15, 0.2) is 36.9 Å². The summed E-state index contributed by atoms with van der Waals surface area (Å²) in [6.07, 6.45) is 5.10. The van der Waals surface area contributed by atoms with E-state index in [1.807, 2.05) is 4.57 Å². The Hall–Kier alpha value is -2.41. The van der Waals surface area contributed by atoms with E-state index in [9.17, 15) is 10.1 Å². The lowest BCUT2D eigenvalue weighted by atomic mass is 10.1. The van der Waals surface area contributed by atoms with Gasteiger partial charge in [0.1, 0.15) is 5.69 Å². The third kappa shape index (κ3) is 2.40. The van der Waals surface area contributed by atoms with Crippen LogP contribution in [-0.2, 0) is 6.54 Å². The van der Waals surface area contributed by atoms with Crippen molar-refractivity contribution >= 4 is 11.4 Å². The molecule has 0 fully saturated rings. The lowest BCUT2D eigenvalue weighted by molar-refractivity contribution is -0.384. The molecule has 7 nitrogen and oxygen atoms in total. The number of hydrogen-bond acceptors (Lipinski definition) is 5. The quantitative estimate of drug-likeness (QED) is 0.468. The molecule has 0 radical (unpaired) electrons. The van der Waals surface area contributed by atoms with Gasteiger partial charge in [-0.3, -0.25) is 16.0 Å². The number of nitro groups is 1. The summed E-state index contributed by atoms with van der Waals surface area (Å²) in [5.74, 6) is 5.20. The largest absolute Gasteiger partial charge is 0.333 e. The maximum Gasteiger partial charge on any atom is 0.293 e. The number of anilines is 1. The van der Waals surface area contributed by atoms with Gasteiger partial charge in [0.2, 0.25) is 0 Å². The third-order valence-electron chi connectivity index (χ3n) is 2.34. The van der Waals surface area contributed by atoms with Gasteiger partial charge in [-0.15, -0.1) is 0 Å². The highest BCUT2D eigenvalue weighted by molar-refractivity contribution is 5.61. The van der Waals surface area contributed by atoms with Crippen molar-refractivity contribution in [3.63, 3.8) is 0 Å². The van der Waals surface area contributed by atoms with Crippen molar-refractivity contribution in [1.29, 1.82) is 0 Å². The van der Waals surface area contributed by atoms with E-state index in [1.54, 1.807) is 30.9 Å². The smallest absolute Gasteiger partial charge is 0.293 e. The molecule has 0 amide bonds. The van der Waals surface area contributed by atoms with Crippen LogP contribution in [-0.4, -0.2) is 14.5 Å². The standard InChI is InChI=1S/C10H11N5O2/c11-13-9-2-1-8(5-10(9)15(16)17)6-14-4-3-12-7-14/h1-5,7,13H,6,11H2. The van der Waals surface area contributed by atoms with Crippen LogP contribution in [0.1, 0.15) is 5.56 Å². The molecule has 0 saturated carbocycles. The molecule has 0 spiro atoms. The fraction of sp³-hybridized carbons (Fsp3) is 0.100. The average Bonchev–Trinajstić information content (AvgIpc) is 2.81. The fourth-order valence-corrected chi connectivity index (χ4v) is 1.54. The molecular formula is C10H11N5O2. The molecule has 1 aromatic heterocycles. The number of nitrogen functional groups attached to an aromatic ring is 1. The van der Waals surface area contributed by atoms with Gasteiger partial charge < -0.3 is 9.99 Å². The molecule has 1 aromatic carbocycles. The van der Waals surface area contributed by atoms with Crippen LogP contribution in [0.4, 0.5) is 11.4 Å². The molecule has 7 heteroatoms. The summed E-state index contributed by atoms with van der Waals surface area (Å²) >= 11 is 0. The van der Waals surface area contributed by atoms with Gasteiger partial charge >= 0.3 is 0 Å². The molecule has 0 aliphatic heterocycles. The van der Waals surface area contributed by atoms with Crippen LogP contribution < -0.4 is 11.3 Å². The zero-order valence-electron chi connectivity index (χ0n) is 8.91. The van der Waals surface area contributed by atoms with Crippen molar-refractivity contribution in [2.75, 3.05) is 5.43 Å². The van der Waals surface area contributed by atoms with E-state index >= 15 is 0 Å². The minimum Gasteiger partial charge on any atom is -0.333 e. The molecule has 0 aliphatic rings. The SMILES string of the molecule is NNc1ccc(Cn2ccnc2)cc1[N+](=O)[O-]. The van der Waals surface area contributed by atoms with E-state index in [0.717, 1.165) is 5.56 Å². The molecule has 0 saturated heterocycles. The Morgan fingerprint density at radius 2 is 2.35 bits per heavy atom. The van der Waals surface area contributed by atoms with Crippen LogP contribution >= 0.6 is 0 Å². The summed E-state index contributed by atoms with van der Waals surface area (Å²) in [7, 11) is 0. The fourth-order valence-electron chi connectivity index (χ4n) is 1.54. The van der Waals surface area contributed by atoms with Gasteiger partial charge in [-0.05, 0) is 11.6 Å². The first kappa shape index (κ1) is 11.1. The number of rotatable bonds is 4. The highest BCUT2D eigenvalue weighted by atomic mass is 16.6. The van der Waals surface area contributed by atoms with E-state index < -0.39 is 4.92 Å². The van der Waals surface area contributed by atoms with E-state index in [1.165, 1.54) is 6.07 Å². The second-order valence-electron chi connectivity index (χ2n) is 3.49. The van der Waals surface area contributed by atoms with Crippen molar-refractivity contribution in [2.24, 2.45) is 5.84 Å². The van der Waals surface area contributed by atoms with Crippen LogP contribution in [0.3, 0.4) is 0 Å². The summed E-state index contributed by atoms with van der Waals surface area (Å²) in [6.45, 7) is 0.533. The van der Waals surface area contributed by atoms with E-state index in [2.05, 4.69) is 10.4 Å². The number of nitrogens with two attached hydrogens (primary N) is 1. The van der Waals surface area contributed by atoms with Crippen LogP contribution in [0, 0.1) is 10.1 Å². The average molecular weight is 233 g/mol. The summed E-state index contributed by atoms with van der Waals surface area (Å²) in [4.78, 5) is 14.3. The summed E-state index contributed by atoms with van der Waals surface area (Å²) in [5, 5.41) is 10.8. The van der Waals surface area contributed by atoms with Gasteiger partial charge in [0.05, 0.1) is 11.3 Å². The highest BCUT2D eigenvalue weighted by Gasteiger charge is 2.13. The second kappa shape index (κ2) is 4.62. The highest BCUT2D eigenvalue weighted by Crippen LogP contribution is 2.24. The van der Waals surface area contributed by atoms with Gasteiger partial charge in [0, 0.05) is 25.0 Å². The molecule has 17 heavy (non-hydrogen) atoms. The Bertz CT molecular complexity index is 523. The van der Waals surface area contributed by atoms with Gasteiger partial charge in [-0.2, -0.15) is 0 Å². The Balaban J connectivity index is 2.30. The van der Waals surface area contributed by atoms with Crippen molar-refractivity contribution in [1.82, 2.24) is 9.55 Å². The van der Waals surface area contributed by atoms with Gasteiger partial charge in [-0.25, -0.2) is 4.98 Å². The molecular weight excluding hydrogens is 222 g/mol. The monoisotopic (exact) mass is 233 g/mol. The molecule has 2 rings (SSSR count). The molecule has 1 heterocycles. The van der Waals surface area contributed by atoms with Gasteiger partial charge in [0.15, 0.2) is 0 Å². The molecule has 2 aromatic rings. The zero-order valence-corrected chi connectivity index (χ0v) is 8.91. The van der Waals surface area contributed by atoms with Crippen molar-refractivity contribution < 1.29 is 4.92 Å². The first-order valence-electron chi connectivity index (χ1n) is 4.90. The number of benzene rings is 1. The van der Waals surface area contributed by atoms with Crippen molar-refractivity contribution in [3.05, 3.63) is 52.6 Å². The predicted octanol–water partition coefficient (Wildman–Crippen LogP) is 1.13. The number of hydrogen-bond donors (Lipinski definition) is 2. The molecule has 88 valence electrons. The molecule has 0 aliphatic carbocycles. The first-order valence-corrected chi connectivity index (χ1v) is 4.90. The second-order valence-corrected chi connectivity index (χ2v) is 3.49. The molecule has 0 bridgehead atoms. The lowest BCUT2D eigenvalue weighted by Gasteiger charge is -2.05. The van der Waals surface area contributed by atoms with E-state index in [4.69, 9.17) is 5.84 Å². The van der Waals surface area contributed by atoms with Crippen LogP contribution in [0.2, 0.25) is 0 Å². The van der Waals surface area contributed by atoms with Crippen LogP contribution in [0.5, 0.6) is 0 Å². The Morgan fingerprint density at radius 3 is 2.94 bits per heavy atom. The summed E-state index contributed by atoms with van der Waals surface area (Å²) in [5.41, 5.74) is 3.37. The Morgan fingerprint density at radius 1 is 1.53 bits per heavy atom. The predicted molar refractivity (Wildman–Crippen MR) is 62.2 cm³/mol. The normalized spacial score (nSPS) is 10.2.